The monoisotopic (exact) mass is 440 g/mol. The minimum atomic E-state index is -0.479. The van der Waals surface area contributed by atoms with Gasteiger partial charge in [0.15, 0.2) is 0 Å². The van der Waals surface area contributed by atoms with Gasteiger partial charge < -0.3 is 25.0 Å². The molecule has 1 aliphatic heterocycles. The third-order valence-corrected chi connectivity index (χ3v) is 4.92. The Morgan fingerprint density at radius 1 is 0.969 bits per heavy atom. The zero-order chi connectivity index (χ0) is 22.9. The van der Waals surface area contributed by atoms with Crippen molar-refractivity contribution in [1.29, 1.82) is 0 Å². The molecule has 0 bridgehead atoms. The molecule has 2 aromatic carbocycles. The third kappa shape index (κ3) is 6.79. The van der Waals surface area contributed by atoms with Crippen LogP contribution in [0.3, 0.4) is 0 Å². The zero-order valence-electron chi connectivity index (χ0n) is 18.3. The van der Waals surface area contributed by atoms with Crippen LogP contribution in [0.5, 0.6) is 0 Å². The maximum absolute atomic E-state index is 12.3. The number of methoxy groups -OCH3 is 1. The van der Waals surface area contributed by atoms with E-state index in [0.29, 0.717) is 16.9 Å². The van der Waals surface area contributed by atoms with Gasteiger partial charge in [0.1, 0.15) is 0 Å². The molecule has 0 radical (unpaired) electrons. The summed E-state index contributed by atoms with van der Waals surface area (Å²) >= 11 is 0. The lowest BCUT2D eigenvalue weighted by Crippen LogP contribution is -2.36. The zero-order valence-corrected chi connectivity index (χ0v) is 18.3. The summed E-state index contributed by atoms with van der Waals surface area (Å²) in [7, 11) is 2.98. The van der Waals surface area contributed by atoms with E-state index in [1.807, 2.05) is 24.3 Å². The second-order valence-electron chi connectivity index (χ2n) is 7.49. The number of hydrogen-bond acceptors (Lipinski definition) is 7. The fraction of sp³-hybridized carbons (Fsp3) is 0.348. The van der Waals surface area contributed by atoms with Crippen molar-refractivity contribution in [2.75, 3.05) is 69.1 Å². The van der Waals surface area contributed by atoms with Crippen molar-refractivity contribution in [1.82, 2.24) is 4.90 Å². The lowest BCUT2D eigenvalue weighted by atomic mass is 10.2. The predicted octanol–water partition coefficient (Wildman–Crippen LogP) is 1.82. The average molecular weight is 441 g/mol. The molecule has 0 unspecified atom stereocenters. The van der Waals surface area contributed by atoms with Crippen molar-refractivity contribution in [2.24, 2.45) is 0 Å². The number of likely N-dealkylation sites (N-methyl/N-ethyl adjacent to an activating group) is 1. The normalized spacial score (nSPS) is 13.5. The van der Waals surface area contributed by atoms with Gasteiger partial charge in [-0.25, -0.2) is 4.79 Å². The molecule has 2 N–H and O–H groups in total. The number of morpholine rings is 1. The number of hydrogen-bond donors (Lipinski definition) is 2. The van der Waals surface area contributed by atoms with Gasteiger partial charge in [-0.3, -0.25) is 14.5 Å². The molecule has 0 aliphatic carbocycles. The smallest absolute Gasteiger partial charge is 0.337 e. The number of rotatable bonds is 8. The summed E-state index contributed by atoms with van der Waals surface area (Å²) in [5.41, 5.74) is 2.62. The van der Waals surface area contributed by atoms with Crippen molar-refractivity contribution < 1.29 is 23.9 Å². The topological polar surface area (TPSA) is 100 Å². The fourth-order valence-electron chi connectivity index (χ4n) is 3.37. The standard InChI is InChI=1S/C23H28N4O5/c1-26(16-22(29)25-19-5-3-4-17(14-19)23(30)31-2)15-21(28)24-18-6-8-20(9-7-18)27-10-12-32-13-11-27/h3-9,14H,10-13,15-16H2,1-2H3,(H,24,28)(H,25,29). The summed E-state index contributed by atoms with van der Waals surface area (Å²) in [6.45, 7) is 3.22. The van der Waals surface area contributed by atoms with Gasteiger partial charge in [-0.05, 0) is 49.5 Å². The average Bonchev–Trinajstić information content (AvgIpc) is 2.79. The molecular weight excluding hydrogens is 412 g/mol. The van der Waals surface area contributed by atoms with Gasteiger partial charge in [0.2, 0.25) is 11.8 Å². The van der Waals surface area contributed by atoms with E-state index in [9.17, 15) is 14.4 Å². The Hall–Kier alpha value is -3.43. The van der Waals surface area contributed by atoms with Crippen LogP contribution in [-0.4, -0.2) is 76.2 Å². The largest absolute Gasteiger partial charge is 0.465 e. The van der Waals surface area contributed by atoms with Gasteiger partial charge in [-0.2, -0.15) is 0 Å². The Kier molecular flexibility index (Phi) is 8.18. The number of ether oxygens (including phenoxy) is 2. The first kappa shape index (κ1) is 23.2. The van der Waals surface area contributed by atoms with Crippen LogP contribution in [0.25, 0.3) is 0 Å². The molecule has 32 heavy (non-hydrogen) atoms. The number of nitrogens with zero attached hydrogens (tertiary/aromatic N) is 2. The van der Waals surface area contributed by atoms with Crippen molar-refractivity contribution in [3.8, 4) is 0 Å². The molecule has 0 saturated carbocycles. The van der Waals surface area contributed by atoms with E-state index in [-0.39, 0.29) is 24.9 Å². The quantitative estimate of drug-likeness (QED) is 0.604. The van der Waals surface area contributed by atoms with E-state index in [0.717, 1.165) is 32.0 Å². The SMILES string of the molecule is COC(=O)c1cccc(NC(=O)CN(C)CC(=O)Nc2ccc(N3CCOCC3)cc2)c1. The summed E-state index contributed by atoms with van der Waals surface area (Å²) in [5.74, 6) is -0.989. The Morgan fingerprint density at radius 2 is 1.59 bits per heavy atom. The lowest BCUT2D eigenvalue weighted by molar-refractivity contribution is -0.119. The predicted molar refractivity (Wildman–Crippen MR) is 122 cm³/mol. The lowest BCUT2D eigenvalue weighted by Gasteiger charge is -2.28. The Balaban J connectivity index is 1.45. The molecular formula is C23H28N4O5. The second-order valence-corrected chi connectivity index (χ2v) is 7.49. The highest BCUT2D eigenvalue weighted by atomic mass is 16.5. The van der Waals surface area contributed by atoms with E-state index >= 15 is 0 Å². The Morgan fingerprint density at radius 3 is 2.22 bits per heavy atom. The summed E-state index contributed by atoms with van der Waals surface area (Å²) < 4.78 is 10.0. The number of esters is 1. The third-order valence-electron chi connectivity index (χ3n) is 4.92. The van der Waals surface area contributed by atoms with E-state index in [1.165, 1.54) is 13.2 Å². The highest BCUT2D eigenvalue weighted by Crippen LogP contribution is 2.19. The molecule has 0 aromatic heterocycles. The van der Waals surface area contributed by atoms with Crippen LogP contribution in [0.4, 0.5) is 17.1 Å². The minimum Gasteiger partial charge on any atom is -0.465 e. The minimum absolute atomic E-state index is 0.0197. The molecule has 9 heteroatoms. The van der Waals surface area contributed by atoms with Gasteiger partial charge in [0.25, 0.3) is 0 Å². The number of anilines is 3. The van der Waals surface area contributed by atoms with E-state index < -0.39 is 5.97 Å². The molecule has 0 spiro atoms. The van der Waals surface area contributed by atoms with Crippen molar-refractivity contribution in [3.05, 3.63) is 54.1 Å². The summed E-state index contributed by atoms with van der Waals surface area (Å²) in [4.78, 5) is 40.1. The van der Waals surface area contributed by atoms with E-state index in [1.54, 1.807) is 30.1 Å². The molecule has 1 fully saturated rings. The first-order valence-electron chi connectivity index (χ1n) is 10.3. The van der Waals surface area contributed by atoms with Gasteiger partial charge in [-0.15, -0.1) is 0 Å². The van der Waals surface area contributed by atoms with Crippen LogP contribution in [0, 0.1) is 0 Å². The molecule has 0 atom stereocenters. The van der Waals surface area contributed by atoms with E-state index in [2.05, 4.69) is 20.3 Å². The van der Waals surface area contributed by atoms with Crippen LogP contribution in [0.2, 0.25) is 0 Å². The summed E-state index contributed by atoms with van der Waals surface area (Å²) in [5, 5.41) is 5.56. The van der Waals surface area contributed by atoms with E-state index in [4.69, 9.17) is 4.74 Å². The number of nitrogens with one attached hydrogen (secondary N) is 2. The van der Waals surface area contributed by atoms with Crippen LogP contribution in [-0.2, 0) is 19.1 Å². The Bertz CT molecular complexity index is 942. The number of carbonyl (C=O) groups is 3. The number of carbonyl (C=O) groups excluding carboxylic acids is 3. The second kappa shape index (κ2) is 11.3. The highest BCUT2D eigenvalue weighted by Gasteiger charge is 2.14. The molecule has 2 aromatic rings. The first-order chi connectivity index (χ1) is 15.4. The van der Waals surface area contributed by atoms with Crippen LogP contribution in [0.15, 0.2) is 48.5 Å². The maximum Gasteiger partial charge on any atom is 0.337 e. The molecule has 170 valence electrons. The molecule has 1 aliphatic rings. The Labute approximate surface area is 187 Å². The molecule has 9 nitrogen and oxygen atoms in total. The number of amides is 2. The van der Waals surface area contributed by atoms with Gasteiger partial charge in [0.05, 0.1) is 39.0 Å². The van der Waals surface area contributed by atoms with Crippen molar-refractivity contribution in [3.63, 3.8) is 0 Å². The van der Waals surface area contributed by atoms with Gasteiger partial charge >= 0.3 is 5.97 Å². The maximum atomic E-state index is 12.3. The molecule has 1 heterocycles. The van der Waals surface area contributed by atoms with Gasteiger partial charge in [0, 0.05) is 30.2 Å². The van der Waals surface area contributed by atoms with Crippen molar-refractivity contribution >= 4 is 34.8 Å². The summed E-state index contributed by atoms with van der Waals surface area (Å²) in [6.07, 6.45) is 0. The van der Waals surface area contributed by atoms with Crippen LogP contribution in [0.1, 0.15) is 10.4 Å². The summed E-state index contributed by atoms with van der Waals surface area (Å²) in [6, 6.07) is 14.2. The molecule has 3 rings (SSSR count). The molecule has 1 saturated heterocycles. The van der Waals surface area contributed by atoms with Gasteiger partial charge in [-0.1, -0.05) is 6.07 Å². The first-order valence-corrected chi connectivity index (χ1v) is 10.3. The number of benzene rings is 2. The van der Waals surface area contributed by atoms with Crippen LogP contribution < -0.4 is 15.5 Å². The molecule has 2 amide bonds. The van der Waals surface area contributed by atoms with Crippen molar-refractivity contribution in [2.45, 2.75) is 0 Å². The fourth-order valence-corrected chi connectivity index (χ4v) is 3.37. The highest BCUT2D eigenvalue weighted by molar-refractivity contribution is 5.96. The van der Waals surface area contributed by atoms with Crippen LogP contribution >= 0.6 is 0 Å².